The zero-order valence-corrected chi connectivity index (χ0v) is 26.6. The van der Waals surface area contributed by atoms with Crippen molar-refractivity contribution < 1.29 is 42.2 Å². The summed E-state index contributed by atoms with van der Waals surface area (Å²) in [6, 6.07) is 4.66. The standard InChI is InChI=1S/C32H40F2N6O7/c1-3-4-14-46-31(45)39-12-10-38(11-13-39)27(41)18-35-29(43)23-16-25(21-8-7-20(2)15-22(21)36-23)47-19-28(42)40-9-5-6-24(40)30(44)37-26-17-32(26,33)34/h7-8,15-16,24,26H,3-6,9-14,17-19H2,1-2H3,(H,35,43)(H,37,44). The van der Waals surface area contributed by atoms with Gasteiger partial charge in [-0.2, -0.15) is 0 Å². The van der Waals surface area contributed by atoms with Gasteiger partial charge in [0, 0.05) is 50.6 Å². The van der Waals surface area contributed by atoms with Crippen LogP contribution in [-0.4, -0.2) is 120 Å². The molecule has 3 aliphatic rings. The van der Waals surface area contributed by atoms with Crippen LogP contribution >= 0.6 is 0 Å². The van der Waals surface area contributed by atoms with E-state index >= 15 is 0 Å². The Morgan fingerprint density at radius 2 is 1.74 bits per heavy atom. The molecular formula is C32H40F2N6O7. The molecule has 2 aliphatic heterocycles. The predicted molar refractivity (Wildman–Crippen MR) is 165 cm³/mol. The number of unbranched alkanes of at least 4 members (excludes halogenated alkanes) is 1. The molecule has 1 aromatic heterocycles. The number of nitrogens with zero attached hydrogens (tertiary/aromatic N) is 4. The van der Waals surface area contributed by atoms with E-state index < -0.39 is 54.8 Å². The summed E-state index contributed by atoms with van der Waals surface area (Å²) in [6.45, 7) is 5.05. The molecule has 47 heavy (non-hydrogen) atoms. The highest BCUT2D eigenvalue weighted by Crippen LogP contribution is 2.41. The van der Waals surface area contributed by atoms with Gasteiger partial charge in [0.15, 0.2) is 6.61 Å². The number of nitrogens with one attached hydrogen (secondary N) is 2. The third kappa shape index (κ3) is 8.24. The van der Waals surface area contributed by atoms with E-state index in [2.05, 4.69) is 15.6 Å². The Bertz CT molecular complexity index is 1530. The quantitative estimate of drug-likeness (QED) is 0.349. The highest BCUT2D eigenvalue weighted by atomic mass is 19.3. The van der Waals surface area contributed by atoms with Gasteiger partial charge in [0.1, 0.15) is 17.5 Å². The van der Waals surface area contributed by atoms with E-state index in [0.29, 0.717) is 56.5 Å². The number of carbonyl (C=O) groups is 5. The molecule has 2 N–H and O–H groups in total. The Morgan fingerprint density at radius 1 is 1.02 bits per heavy atom. The minimum Gasteiger partial charge on any atom is -0.483 e. The number of aryl methyl sites for hydroxylation is 1. The molecule has 1 aromatic carbocycles. The number of amides is 5. The number of alkyl halides is 2. The number of piperazine rings is 1. The molecule has 0 spiro atoms. The molecule has 0 bridgehead atoms. The van der Waals surface area contributed by atoms with E-state index in [0.717, 1.165) is 18.4 Å². The number of halogens is 2. The molecule has 0 radical (unpaired) electrons. The number of rotatable bonds is 11. The third-order valence-electron chi connectivity index (χ3n) is 8.54. The Kier molecular flexibility index (Phi) is 10.4. The van der Waals surface area contributed by atoms with Crippen molar-refractivity contribution in [3.05, 3.63) is 35.5 Å². The molecule has 3 heterocycles. The first-order valence-electron chi connectivity index (χ1n) is 16.0. The van der Waals surface area contributed by atoms with Crippen molar-refractivity contribution in [2.75, 3.05) is 52.5 Å². The molecule has 2 saturated heterocycles. The van der Waals surface area contributed by atoms with Gasteiger partial charge in [0.25, 0.3) is 17.7 Å². The molecule has 1 aliphatic carbocycles. The molecule has 5 rings (SSSR count). The molecular weight excluding hydrogens is 618 g/mol. The number of likely N-dealkylation sites (tertiary alicyclic amines) is 1. The lowest BCUT2D eigenvalue weighted by Gasteiger charge is -2.34. The van der Waals surface area contributed by atoms with Crippen LogP contribution in [0.3, 0.4) is 0 Å². The average molecular weight is 659 g/mol. The SMILES string of the molecule is CCCCOC(=O)N1CCN(C(=O)CNC(=O)c2cc(OCC(=O)N3CCCC3C(=O)NC3CC3(F)F)c3ccc(C)cc3n2)CC1. The van der Waals surface area contributed by atoms with Crippen LogP contribution in [0.1, 0.15) is 55.1 Å². The first-order valence-corrected chi connectivity index (χ1v) is 16.0. The lowest BCUT2D eigenvalue weighted by Crippen LogP contribution is -2.52. The number of aromatic nitrogens is 1. The predicted octanol–water partition coefficient (Wildman–Crippen LogP) is 2.25. The molecule has 5 amide bonds. The number of hydrogen-bond acceptors (Lipinski definition) is 8. The summed E-state index contributed by atoms with van der Waals surface area (Å²) in [5, 5.41) is 5.47. The maximum Gasteiger partial charge on any atom is 0.409 e. The van der Waals surface area contributed by atoms with E-state index in [9.17, 15) is 32.8 Å². The Labute approximate surface area is 270 Å². The number of carbonyl (C=O) groups excluding carboxylic acids is 5. The lowest BCUT2D eigenvalue weighted by atomic mass is 10.1. The van der Waals surface area contributed by atoms with Crippen LogP contribution in [0.15, 0.2) is 24.3 Å². The summed E-state index contributed by atoms with van der Waals surface area (Å²) in [5.41, 5.74) is 1.29. The number of hydrogen-bond donors (Lipinski definition) is 2. The Hall–Kier alpha value is -4.56. The van der Waals surface area contributed by atoms with Crippen LogP contribution in [-0.2, 0) is 19.1 Å². The van der Waals surface area contributed by atoms with Crippen molar-refractivity contribution in [3.8, 4) is 5.75 Å². The fraction of sp³-hybridized carbons (Fsp3) is 0.562. The summed E-state index contributed by atoms with van der Waals surface area (Å²) < 4.78 is 37.7. The van der Waals surface area contributed by atoms with E-state index in [1.165, 1.54) is 11.0 Å². The van der Waals surface area contributed by atoms with Gasteiger partial charge < -0.3 is 34.8 Å². The number of fused-ring (bicyclic) bond motifs is 1. The van der Waals surface area contributed by atoms with Gasteiger partial charge in [0.2, 0.25) is 11.8 Å². The van der Waals surface area contributed by atoms with Crippen molar-refractivity contribution in [3.63, 3.8) is 0 Å². The second-order valence-electron chi connectivity index (χ2n) is 12.1. The largest absolute Gasteiger partial charge is 0.483 e. The van der Waals surface area contributed by atoms with E-state index in [1.54, 1.807) is 21.9 Å². The monoisotopic (exact) mass is 658 g/mol. The molecule has 15 heteroatoms. The maximum atomic E-state index is 13.3. The zero-order chi connectivity index (χ0) is 33.7. The van der Waals surface area contributed by atoms with Crippen molar-refractivity contribution in [2.24, 2.45) is 0 Å². The summed E-state index contributed by atoms with van der Waals surface area (Å²) in [7, 11) is 0. The molecule has 254 valence electrons. The summed E-state index contributed by atoms with van der Waals surface area (Å²) in [4.78, 5) is 72.8. The van der Waals surface area contributed by atoms with Gasteiger partial charge in [-0.05, 0) is 43.9 Å². The fourth-order valence-corrected chi connectivity index (χ4v) is 5.63. The first kappa shape index (κ1) is 33.8. The molecule has 1 saturated carbocycles. The summed E-state index contributed by atoms with van der Waals surface area (Å²) in [6.07, 6.45) is 1.80. The van der Waals surface area contributed by atoms with Crippen LogP contribution in [0.25, 0.3) is 10.9 Å². The van der Waals surface area contributed by atoms with Gasteiger partial charge in [-0.25, -0.2) is 18.6 Å². The van der Waals surface area contributed by atoms with Crippen molar-refractivity contribution in [2.45, 2.75) is 64.0 Å². The van der Waals surface area contributed by atoms with Crippen molar-refractivity contribution >= 4 is 40.6 Å². The van der Waals surface area contributed by atoms with Crippen molar-refractivity contribution in [1.29, 1.82) is 0 Å². The normalized spacial score (nSPS) is 20.1. The highest BCUT2D eigenvalue weighted by Gasteiger charge is 2.58. The summed E-state index contributed by atoms with van der Waals surface area (Å²) in [5.74, 6) is -4.74. The molecule has 2 unspecified atom stereocenters. The zero-order valence-electron chi connectivity index (χ0n) is 26.6. The first-order chi connectivity index (χ1) is 22.5. The minimum absolute atomic E-state index is 0.0261. The molecule has 2 aromatic rings. The van der Waals surface area contributed by atoms with E-state index in [4.69, 9.17) is 9.47 Å². The molecule has 3 fully saturated rings. The Morgan fingerprint density at radius 3 is 2.45 bits per heavy atom. The molecule has 2 atom stereocenters. The average Bonchev–Trinajstić information content (AvgIpc) is 3.40. The molecule has 13 nitrogen and oxygen atoms in total. The Balaban J connectivity index is 1.18. The number of pyridine rings is 1. The van der Waals surface area contributed by atoms with Gasteiger partial charge in [-0.15, -0.1) is 0 Å². The van der Waals surface area contributed by atoms with Gasteiger partial charge in [0.05, 0.1) is 24.7 Å². The maximum absolute atomic E-state index is 13.3. The lowest BCUT2D eigenvalue weighted by molar-refractivity contribution is -0.140. The van der Waals surface area contributed by atoms with Crippen LogP contribution in [0.5, 0.6) is 5.75 Å². The van der Waals surface area contributed by atoms with Crippen LogP contribution in [0, 0.1) is 6.92 Å². The van der Waals surface area contributed by atoms with Gasteiger partial charge >= 0.3 is 6.09 Å². The van der Waals surface area contributed by atoms with E-state index in [-0.39, 0.29) is 30.4 Å². The van der Waals surface area contributed by atoms with E-state index in [1.807, 2.05) is 19.9 Å². The van der Waals surface area contributed by atoms with Gasteiger partial charge in [-0.1, -0.05) is 19.4 Å². The number of ether oxygens (including phenoxy) is 2. The second kappa shape index (κ2) is 14.5. The minimum atomic E-state index is -2.91. The van der Waals surface area contributed by atoms with Gasteiger partial charge in [-0.3, -0.25) is 19.2 Å². The number of benzene rings is 1. The van der Waals surface area contributed by atoms with Crippen LogP contribution in [0.2, 0.25) is 0 Å². The van der Waals surface area contributed by atoms with Crippen molar-refractivity contribution in [1.82, 2.24) is 30.3 Å². The highest BCUT2D eigenvalue weighted by molar-refractivity contribution is 5.99. The third-order valence-corrected chi connectivity index (χ3v) is 8.54. The topological polar surface area (TPSA) is 150 Å². The van der Waals surface area contributed by atoms with Crippen LogP contribution < -0.4 is 15.4 Å². The van der Waals surface area contributed by atoms with Crippen LogP contribution in [0.4, 0.5) is 13.6 Å². The second-order valence-corrected chi connectivity index (χ2v) is 12.1. The fourth-order valence-electron chi connectivity index (χ4n) is 5.63. The smallest absolute Gasteiger partial charge is 0.409 e. The summed E-state index contributed by atoms with van der Waals surface area (Å²) >= 11 is 0.